The Kier molecular flexibility index (Phi) is 4.22. The lowest BCUT2D eigenvalue weighted by Gasteiger charge is -2.27. The number of carbonyl (C=O) groups is 1. The topological polar surface area (TPSA) is 85.3 Å². The number of nitrogens with zero attached hydrogens (tertiary/aromatic N) is 1. The molecule has 5 heteroatoms. The molecule has 0 spiro atoms. The highest BCUT2D eigenvalue weighted by molar-refractivity contribution is 5.92. The Balaban J connectivity index is 2.71. The van der Waals surface area contributed by atoms with E-state index in [1.54, 1.807) is 6.92 Å². The predicted octanol–water partition coefficient (Wildman–Crippen LogP) is 2.56. The molecule has 0 saturated heterocycles. The van der Waals surface area contributed by atoms with Crippen molar-refractivity contribution in [2.75, 3.05) is 7.11 Å². The van der Waals surface area contributed by atoms with E-state index in [2.05, 4.69) is 6.07 Å². The maximum Gasteiger partial charge on any atom is 0.338 e. The van der Waals surface area contributed by atoms with Crippen LogP contribution >= 0.6 is 0 Å². The third kappa shape index (κ3) is 2.56. The van der Waals surface area contributed by atoms with Gasteiger partial charge in [0.15, 0.2) is 0 Å². The number of ether oxygens (including phenoxy) is 2. The average molecular weight is 298 g/mol. The molecule has 1 aromatic carbocycles. The van der Waals surface area contributed by atoms with Crippen LogP contribution in [0.1, 0.15) is 29.5 Å². The van der Waals surface area contributed by atoms with Gasteiger partial charge in [0.2, 0.25) is 5.88 Å². The van der Waals surface area contributed by atoms with Gasteiger partial charge in [-0.15, -0.1) is 0 Å². The molecule has 0 saturated carbocycles. The van der Waals surface area contributed by atoms with Crippen molar-refractivity contribution in [3.63, 3.8) is 0 Å². The van der Waals surface area contributed by atoms with Gasteiger partial charge < -0.3 is 15.2 Å². The van der Waals surface area contributed by atoms with Gasteiger partial charge in [0.1, 0.15) is 17.4 Å². The van der Waals surface area contributed by atoms with Crippen molar-refractivity contribution in [1.82, 2.24) is 0 Å². The number of benzene rings is 1. The fourth-order valence-corrected chi connectivity index (χ4v) is 2.72. The smallest absolute Gasteiger partial charge is 0.338 e. The van der Waals surface area contributed by atoms with E-state index in [9.17, 15) is 10.1 Å². The lowest BCUT2D eigenvalue weighted by Crippen LogP contribution is -2.25. The molecule has 1 heterocycles. The minimum atomic E-state index is -0.577. The van der Waals surface area contributed by atoms with E-state index in [4.69, 9.17) is 15.2 Å². The summed E-state index contributed by atoms with van der Waals surface area (Å²) in [6.45, 7) is 5.56. The van der Waals surface area contributed by atoms with Crippen LogP contribution in [0.5, 0.6) is 0 Å². The largest absolute Gasteiger partial charge is 0.466 e. The number of hydrogen-bond donors (Lipinski definition) is 1. The summed E-state index contributed by atoms with van der Waals surface area (Å²) in [6.07, 6.45) is 0. The molecule has 0 fully saturated rings. The Morgan fingerprint density at radius 2 is 2.05 bits per heavy atom. The summed E-state index contributed by atoms with van der Waals surface area (Å²) in [5.41, 5.74) is 9.28. The second-order valence-corrected chi connectivity index (χ2v) is 5.25. The number of nitrogens with two attached hydrogens (primary N) is 1. The number of rotatable bonds is 2. The van der Waals surface area contributed by atoms with Crippen LogP contribution in [0.25, 0.3) is 0 Å². The number of aryl methyl sites for hydroxylation is 2. The molecule has 2 rings (SSSR count). The van der Waals surface area contributed by atoms with Crippen molar-refractivity contribution in [1.29, 1.82) is 5.26 Å². The molecule has 0 amide bonds. The predicted molar refractivity (Wildman–Crippen MR) is 81.3 cm³/mol. The van der Waals surface area contributed by atoms with Gasteiger partial charge in [0.25, 0.3) is 0 Å². The number of esters is 1. The SMILES string of the molecule is COC(=O)C1=C(C)OC(N)=C(C#N)C1c1ccc(C)cc1C. The second kappa shape index (κ2) is 5.94. The standard InChI is InChI=1S/C17H18N2O3/c1-9-5-6-12(10(2)7-9)15-13(8-18)16(19)22-11(3)14(15)17(20)21-4/h5-7,15H,19H2,1-4H3. The zero-order valence-electron chi connectivity index (χ0n) is 13.1. The van der Waals surface area contributed by atoms with Crippen molar-refractivity contribution in [2.45, 2.75) is 26.7 Å². The van der Waals surface area contributed by atoms with Crippen molar-refractivity contribution >= 4 is 5.97 Å². The fourth-order valence-electron chi connectivity index (χ4n) is 2.72. The first kappa shape index (κ1) is 15.6. The molecule has 0 radical (unpaired) electrons. The molecular weight excluding hydrogens is 280 g/mol. The van der Waals surface area contributed by atoms with Gasteiger partial charge in [0.05, 0.1) is 18.6 Å². The Morgan fingerprint density at radius 1 is 1.36 bits per heavy atom. The molecule has 0 aromatic heterocycles. The Morgan fingerprint density at radius 3 is 2.59 bits per heavy atom. The summed E-state index contributed by atoms with van der Waals surface area (Å²) < 4.78 is 10.2. The van der Waals surface area contributed by atoms with E-state index in [1.165, 1.54) is 7.11 Å². The van der Waals surface area contributed by atoms with Gasteiger partial charge >= 0.3 is 5.97 Å². The van der Waals surface area contributed by atoms with Crippen molar-refractivity contribution < 1.29 is 14.3 Å². The summed E-state index contributed by atoms with van der Waals surface area (Å²) >= 11 is 0. The molecule has 0 aliphatic carbocycles. The van der Waals surface area contributed by atoms with E-state index in [-0.39, 0.29) is 11.5 Å². The van der Waals surface area contributed by atoms with Crippen LogP contribution in [0, 0.1) is 25.2 Å². The number of allylic oxidation sites excluding steroid dienone is 2. The Bertz CT molecular complexity index is 739. The third-order valence-electron chi connectivity index (χ3n) is 3.75. The second-order valence-electron chi connectivity index (χ2n) is 5.25. The molecule has 1 unspecified atom stereocenters. The number of hydrogen-bond acceptors (Lipinski definition) is 5. The van der Waals surface area contributed by atoms with E-state index >= 15 is 0 Å². The molecule has 5 nitrogen and oxygen atoms in total. The summed E-state index contributed by atoms with van der Waals surface area (Å²) in [6, 6.07) is 7.90. The average Bonchev–Trinajstić information content (AvgIpc) is 2.46. The summed E-state index contributed by atoms with van der Waals surface area (Å²) in [5.74, 6) is -0.722. The first-order valence-corrected chi connectivity index (χ1v) is 6.84. The van der Waals surface area contributed by atoms with Gasteiger partial charge in [-0.25, -0.2) is 4.79 Å². The van der Waals surface area contributed by atoms with E-state index < -0.39 is 11.9 Å². The molecule has 1 atom stereocenters. The monoisotopic (exact) mass is 298 g/mol. The van der Waals surface area contributed by atoms with Gasteiger partial charge in [-0.05, 0) is 31.9 Å². The van der Waals surface area contributed by atoms with Crippen molar-refractivity contribution in [3.8, 4) is 6.07 Å². The van der Waals surface area contributed by atoms with Crippen LogP contribution in [-0.2, 0) is 14.3 Å². The van der Waals surface area contributed by atoms with Crippen LogP contribution in [-0.4, -0.2) is 13.1 Å². The molecule has 1 aromatic rings. The first-order valence-electron chi connectivity index (χ1n) is 6.84. The van der Waals surface area contributed by atoms with Gasteiger partial charge in [-0.3, -0.25) is 0 Å². The van der Waals surface area contributed by atoms with Gasteiger partial charge in [-0.1, -0.05) is 23.8 Å². The normalized spacial score (nSPS) is 17.9. The van der Waals surface area contributed by atoms with E-state index in [0.29, 0.717) is 11.3 Å². The molecule has 1 aliphatic rings. The number of nitriles is 1. The number of methoxy groups -OCH3 is 1. The number of carbonyl (C=O) groups excluding carboxylic acids is 1. The zero-order chi connectivity index (χ0) is 16.4. The Labute approximate surface area is 129 Å². The maximum atomic E-state index is 12.2. The molecular formula is C17H18N2O3. The van der Waals surface area contributed by atoms with E-state index in [0.717, 1.165) is 16.7 Å². The highest BCUT2D eigenvalue weighted by Gasteiger charge is 2.36. The quantitative estimate of drug-likeness (QED) is 0.848. The maximum absolute atomic E-state index is 12.2. The van der Waals surface area contributed by atoms with Crippen LogP contribution < -0.4 is 5.73 Å². The summed E-state index contributed by atoms with van der Waals surface area (Å²) in [5, 5.41) is 9.45. The van der Waals surface area contributed by atoms with E-state index in [1.807, 2.05) is 32.0 Å². The first-order chi connectivity index (χ1) is 10.4. The zero-order valence-corrected chi connectivity index (χ0v) is 13.1. The van der Waals surface area contributed by atoms with Crippen LogP contribution in [0.4, 0.5) is 0 Å². The van der Waals surface area contributed by atoms with Crippen LogP contribution in [0.2, 0.25) is 0 Å². The highest BCUT2D eigenvalue weighted by atomic mass is 16.5. The van der Waals surface area contributed by atoms with Crippen LogP contribution in [0.15, 0.2) is 41.0 Å². The van der Waals surface area contributed by atoms with Gasteiger partial charge in [-0.2, -0.15) is 5.26 Å². The third-order valence-corrected chi connectivity index (χ3v) is 3.75. The molecule has 0 bridgehead atoms. The molecule has 114 valence electrons. The summed E-state index contributed by atoms with van der Waals surface area (Å²) in [7, 11) is 1.30. The minimum Gasteiger partial charge on any atom is -0.466 e. The molecule has 2 N–H and O–H groups in total. The Hall–Kier alpha value is -2.74. The minimum absolute atomic E-state index is 0.0256. The lowest BCUT2D eigenvalue weighted by molar-refractivity contribution is -0.136. The lowest BCUT2D eigenvalue weighted by atomic mass is 9.81. The van der Waals surface area contributed by atoms with Crippen molar-refractivity contribution in [3.05, 3.63) is 57.7 Å². The van der Waals surface area contributed by atoms with Crippen molar-refractivity contribution in [2.24, 2.45) is 5.73 Å². The van der Waals surface area contributed by atoms with Crippen LogP contribution in [0.3, 0.4) is 0 Å². The summed E-state index contributed by atoms with van der Waals surface area (Å²) in [4.78, 5) is 12.2. The fraction of sp³-hybridized carbons (Fsp3) is 0.294. The van der Waals surface area contributed by atoms with Gasteiger partial charge in [0, 0.05) is 0 Å². The molecule has 1 aliphatic heterocycles. The molecule has 22 heavy (non-hydrogen) atoms. The highest BCUT2D eigenvalue weighted by Crippen LogP contribution is 2.40.